The summed E-state index contributed by atoms with van der Waals surface area (Å²) in [4.78, 5) is 0. The van der Waals surface area contributed by atoms with Crippen molar-refractivity contribution in [2.24, 2.45) is 0 Å². The van der Waals surface area contributed by atoms with Crippen molar-refractivity contribution < 1.29 is 14.2 Å². The number of hydrogen-bond donors (Lipinski definition) is 1. The van der Waals surface area contributed by atoms with Gasteiger partial charge in [0.25, 0.3) is 0 Å². The Morgan fingerprint density at radius 1 is 1.15 bits per heavy atom. The number of nitrogens with one attached hydrogen (secondary N) is 1. The van der Waals surface area contributed by atoms with E-state index in [1.165, 1.54) is 12.0 Å². The lowest BCUT2D eigenvalue weighted by molar-refractivity contribution is -0.0706. The predicted octanol–water partition coefficient (Wildman–Crippen LogP) is 2.92. The van der Waals surface area contributed by atoms with Gasteiger partial charge in [-0.3, -0.25) is 0 Å². The van der Waals surface area contributed by atoms with Crippen LogP contribution in [0.3, 0.4) is 0 Å². The van der Waals surface area contributed by atoms with Gasteiger partial charge in [0.05, 0.1) is 19.8 Å². The van der Waals surface area contributed by atoms with Crippen LogP contribution >= 0.6 is 0 Å². The van der Waals surface area contributed by atoms with E-state index >= 15 is 0 Å². The van der Waals surface area contributed by atoms with E-state index in [9.17, 15) is 0 Å². The molecule has 112 valence electrons. The third kappa shape index (κ3) is 3.07. The Kier molecular flexibility index (Phi) is 4.89. The summed E-state index contributed by atoms with van der Waals surface area (Å²) >= 11 is 0. The molecule has 1 saturated carbocycles. The summed E-state index contributed by atoms with van der Waals surface area (Å²) in [5.74, 6) is 1.53. The van der Waals surface area contributed by atoms with E-state index in [0.29, 0.717) is 0 Å². The van der Waals surface area contributed by atoms with Gasteiger partial charge in [0.2, 0.25) is 0 Å². The van der Waals surface area contributed by atoms with Crippen LogP contribution in [-0.2, 0) is 4.74 Å². The first kappa shape index (κ1) is 15.1. The van der Waals surface area contributed by atoms with Crippen LogP contribution in [0.25, 0.3) is 0 Å². The summed E-state index contributed by atoms with van der Waals surface area (Å²) < 4.78 is 16.2. The molecule has 0 aromatic heterocycles. The van der Waals surface area contributed by atoms with Crippen LogP contribution in [0.1, 0.15) is 37.8 Å². The lowest BCUT2D eigenvalue weighted by atomic mass is 9.80. The second-order valence-electron chi connectivity index (χ2n) is 5.46. The second-order valence-corrected chi connectivity index (χ2v) is 5.46. The molecule has 0 saturated heterocycles. The fourth-order valence-electron chi connectivity index (χ4n) is 2.60. The lowest BCUT2D eigenvalue weighted by Crippen LogP contribution is -2.48. The Hall–Kier alpha value is -1.26. The van der Waals surface area contributed by atoms with Crippen LogP contribution in [0.5, 0.6) is 11.5 Å². The highest BCUT2D eigenvalue weighted by molar-refractivity contribution is 5.43. The van der Waals surface area contributed by atoms with Gasteiger partial charge in [-0.1, -0.05) is 6.07 Å². The molecule has 1 N–H and O–H groups in total. The van der Waals surface area contributed by atoms with Crippen LogP contribution in [0.15, 0.2) is 18.2 Å². The predicted molar refractivity (Wildman–Crippen MR) is 79.6 cm³/mol. The normalized spacial score (nSPS) is 18.2. The minimum absolute atomic E-state index is 0.0464. The van der Waals surface area contributed by atoms with Crippen LogP contribution in [0.4, 0.5) is 0 Å². The average Bonchev–Trinajstić information content (AvgIpc) is 2.45. The molecule has 1 fully saturated rings. The molecule has 0 aliphatic heterocycles. The van der Waals surface area contributed by atoms with E-state index < -0.39 is 0 Å². The van der Waals surface area contributed by atoms with Crippen molar-refractivity contribution in [3.63, 3.8) is 0 Å². The van der Waals surface area contributed by atoms with Crippen LogP contribution in [0, 0.1) is 0 Å². The van der Waals surface area contributed by atoms with Gasteiger partial charge in [0.15, 0.2) is 11.5 Å². The van der Waals surface area contributed by atoms with Crippen molar-refractivity contribution in [1.29, 1.82) is 0 Å². The topological polar surface area (TPSA) is 39.7 Å². The third-order valence-corrected chi connectivity index (χ3v) is 4.34. The van der Waals surface area contributed by atoms with Gasteiger partial charge in [-0.2, -0.15) is 0 Å². The largest absolute Gasteiger partial charge is 0.493 e. The van der Waals surface area contributed by atoms with E-state index in [1.807, 2.05) is 19.2 Å². The standard InChI is InChI=1S/C16H25NO3/c1-12(17-11-16(20-4)8-5-9-16)13-6-7-14(18-2)15(10-13)19-3/h6-7,10,12,17H,5,8-9,11H2,1-4H3. The summed E-state index contributed by atoms with van der Waals surface area (Å²) in [6.07, 6.45) is 3.56. The fraction of sp³-hybridized carbons (Fsp3) is 0.625. The second kappa shape index (κ2) is 6.46. The molecule has 1 aliphatic rings. The Labute approximate surface area is 121 Å². The minimum atomic E-state index is 0.0464. The molecule has 0 heterocycles. The Morgan fingerprint density at radius 2 is 1.85 bits per heavy atom. The highest BCUT2D eigenvalue weighted by atomic mass is 16.5. The highest BCUT2D eigenvalue weighted by Gasteiger charge is 2.36. The molecule has 2 rings (SSSR count). The molecule has 0 amide bonds. The molecule has 1 aromatic carbocycles. The minimum Gasteiger partial charge on any atom is -0.493 e. The van der Waals surface area contributed by atoms with Gasteiger partial charge in [0, 0.05) is 19.7 Å². The molecule has 1 aromatic rings. The number of methoxy groups -OCH3 is 3. The first-order valence-corrected chi connectivity index (χ1v) is 7.14. The van der Waals surface area contributed by atoms with Gasteiger partial charge in [0.1, 0.15) is 0 Å². The summed E-state index contributed by atoms with van der Waals surface area (Å²) in [6.45, 7) is 3.04. The Bertz CT molecular complexity index is 438. The van der Waals surface area contributed by atoms with Gasteiger partial charge >= 0.3 is 0 Å². The molecule has 4 nitrogen and oxygen atoms in total. The van der Waals surface area contributed by atoms with E-state index in [-0.39, 0.29) is 11.6 Å². The van der Waals surface area contributed by atoms with Crippen molar-refractivity contribution in [3.8, 4) is 11.5 Å². The Balaban J connectivity index is 2.00. The molecular weight excluding hydrogens is 254 g/mol. The Morgan fingerprint density at radius 3 is 2.35 bits per heavy atom. The first-order chi connectivity index (χ1) is 9.64. The maximum atomic E-state index is 5.63. The quantitative estimate of drug-likeness (QED) is 0.833. The van der Waals surface area contributed by atoms with Crippen molar-refractivity contribution in [2.45, 2.75) is 37.8 Å². The monoisotopic (exact) mass is 279 g/mol. The summed E-state index contributed by atoms with van der Waals surface area (Å²) in [7, 11) is 5.12. The van der Waals surface area contributed by atoms with Gasteiger partial charge in [-0.25, -0.2) is 0 Å². The SMILES string of the molecule is COc1ccc(C(C)NCC2(OC)CCC2)cc1OC. The first-order valence-electron chi connectivity index (χ1n) is 7.14. The van der Waals surface area contributed by atoms with E-state index in [1.54, 1.807) is 14.2 Å². The number of ether oxygens (including phenoxy) is 3. The van der Waals surface area contributed by atoms with Crippen LogP contribution in [-0.4, -0.2) is 33.5 Å². The molecule has 0 spiro atoms. The van der Waals surface area contributed by atoms with Crippen LogP contribution < -0.4 is 14.8 Å². The van der Waals surface area contributed by atoms with Crippen molar-refractivity contribution in [1.82, 2.24) is 5.32 Å². The third-order valence-electron chi connectivity index (χ3n) is 4.34. The fourth-order valence-corrected chi connectivity index (χ4v) is 2.60. The number of benzene rings is 1. The molecule has 1 aliphatic carbocycles. The van der Waals surface area contributed by atoms with E-state index in [2.05, 4.69) is 18.3 Å². The van der Waals surface area contributed by atoms with Gasteiger partial charge in [-0.15, -0.1) is 0 Å². The maximum Gasteiger partial charge on any atom is 0.161 e. The lowest BCUT2D eigenvalue weighted by Gasteiger charge is -2.41. The van der Waals surface area contributed by atoms with Crippen molar-refractivity contribution in [2.75, 3.05) is 27.9 Å². The van der Waals surface area contributed by atoms with Gasteiger partial charge in [-0.05, 0) is 43.9 Å². The summed E-state index contributed by atoms with van der Waals surface area (Å²) in [5.41, 5.74) is 1.23. The van der Waals surface area contributed by atoms with E-state index in [4.69, 9.17) is 14.2 Å². The number of hydrogen-bond acceptors (Lipinski definition) is 4. The molecule has 1 atom stereocenters. The molecular formula is C16H25NO3. The molecule has 4 heteroatoms. The zero-order valence-electron chi connectivity index (χ0n) is 12.9. The smallest absolute Gasteiger partial charge is 0.161 e. The molecule has 0 radical (unpaired) electrons. The molecule has 20 heavy (non-hydrogen) atoms. The zero-order valence-corrected chi connectivity index (χ0v) is 12.9. The molecule has 1 unspecified atom stereocenters. The van der Waals surface area contributed by atoms with Crippen molar-refractivity contribution >= 4 is 0 Å². The van der Waals surface area contributed by atoms with Gasteiger partial charge < -0.3 is 19.5 Å². The van der Waals surface area contributed by atoms with Crippen molar-refractivity contribution in [3.05, 3.63) is 23.8 Å². The van der Waals surface area contributed by atoms with E-state index in [0.717, 1.165) is 30.9 Å². The molecule has 0 bridgehead atoms. The summed E-state index contributed by atoms with van der Waals surface area (Å²) in [6, 6.07) is 6.29. The number of rotatable bonds is 7. The maximum absolute atomic E-state index is 5.63. The highest BCUT2D eigenvalue weighted by Crippen LogP contribution is 2.35. The summed E-state index contributed by atoms with van der Waals surface area (Å²) in [5, 5.41) is 3.56. The van der Waals surface area contributed by atoms with Crippen LogP contribution in [0.2, 0.25) is 0 Å². The zero-order chi connectivity index (χ0) is 14.6. The average molecular weight is 279 g/mol.